The highest BCUT2D eigenvalue weighted by Gasteiger charge is 2.31. The van der Waals surface area contributed by atoms with Crippen molar-refractivity contribution in [1.29, 1.82) is 0 Å². The lowest BCUT2D eigenvalue weighted by atomic mass is 10.2. The molecule has 9 nitrogen and oxygen atoms in total. The van der Waals surface area contributed by atoms with Gasteiger partial charge < -0.3 is 24.4 Å². The summed E-state index contributed by atoms with van der Waals surface area (Å²) in [4.78, 5) is 15.6. The molecule has 2 fully saturated rings. The molecular formula is C25H31N3O6S. The van der Waals surface area contributed by atoms with Gasteiger partial charge in [-0.2, -0.15) is 4.31 Å². The Morgan fingerprint density at radius 3 is 2.37 bits per heavy atom. The monoisotopic (exact) mass is 501 g/mol. The van der Waals surface area contributed by atoms with Crippen LogP contribution in [0.3, 0.4) is 0 Å². The number of para-hydroxylation sites is 2. The molecule has 0 aromatic heterocycles. The van der Waals surface area contributed by atoms with Crippen LogP contribution in [0.4, 0.5) is 11.4 Å². The molecule has 2 saturated heterocycles. The van der Waals surface area contributed by atoms with Crippen molar-refractivity contribution < 1.29 is 27.4 Å². The predicted molar refractivity (Wildman–Crippen MR) is 132 cm³/mol. The summed E-state index contributed by atoms with van der Waals surface area (Å²) in [5.41, 5.74) is 1.28. The maximum atomic E-state index is 13.3. The number of amides is 1. The SMILES string of the molecule is O=C(Nc1cc(S(=O)(=O)N2CCOCC2)ccc1N1CCCCCC1)[C@@H]1COc2ccccc2O1. The number of nitrogens with zero attached hydrogens (tertiary/aromatic N) is 2. The van der Waals surface area contributed by atoms with E-state index in [2.05, 4.69) is 10.2 Å². The van der Waals surface area contributed by atoms with E-state index >= 15 is 0 Å². The van der Waals surface area contributed by atoms with E-state index in [1.165, 1.54) is 4.31 Å². The molecule has 0 spiro atoms. The van der Waals surface area contributed by atoms with Gasteiger partial charge in [0.25, 0.3) is 5.91 Å². The van der Waals surface area contributed by atoms with Crippen LogP contribution in [0.1, 0.15) is 25.7 Å². The van der Waals surface area contributed by atoms with Crippen LogP contribution in [-0.4, -0.2) is 70.7 Å². The Morgan fingerprint density at radius 1 is 0.914 bits per heavy atom. The first-order valence-electron chi connectivity index (χ1n) is 12.2. The molecule has 3 aliphatic rings. The van der Waals surface area contributed by atoms with Crippen molar-refractivity contribution in [2.24, 2.45) is 0 Å². The van der Waals surface area contributed by atoms with Gasteiger partial charge in [-0.3, -0.25) is 4.79 Å². The second-order valence-electron chi connectivity index (χ2n) is 8.95. The largest absolute Gasteiger partial charge is 0.485 e. The second kappa shape index (κ2) is 10.4. The van der Waals surface area contributed by atoms with Crippen LogP contribution < -0.4 is 19.7 Å². The number of hydrogen-bond acceptors (Lipinski definition) is 7. The number of anilines is 2. The summed E-state index contributed by atoms with van der Waals surface area (Å²) in [6, 6.07) is 12.2. The minimum Gasteiger partial charge on any atom is -0.485 e. The molecule has 10 heteroatoms. The minimum absolute atomic E-state index is 0.0770. The molecule has 0 unspecified atom stereocenters. The topological polar surface area (TPSA) is 97.4 Å². The van der Waals surface area contributed by atoms with E-state index in [9.17, 15) is 13.2 Å². The fourth-order valence-electron chi connectivity index (χ4n) is 4.66. The van der Waals surface area contributed by atoms with E-state index in [1.54, 1.807) is 24.3 Å². The molecular weight excluding hydrogens is 470 g/mol. The number of benzene rings is 2. The van der Waals surface area contributed by atoms with Crippen molar-refractivity contribution >= 4 is 27.3 Å². The van der Waals surface area contributed by atoms with Gasteiger partial charge in [0.1, 0.15) is 6.61 Å². The molecule has 0 bridgehead atoms. The Hall–Kier alpha value is -2.82. The molecule has 35 heavy (non-hydrogen) atoms. The van der Waals surface area contributed by atoms with Crippen molar-refractivity contribution in [2.75, 3.05) is 56.2 Å². The van der Waals surface area contributed by atoms with Crippen LogP contribution in [0.5, 0.6) is 11.5 Å². The number of fused-ring (bicyclic) bond motifs is 1. The fraction of sp³-hybridized carbons (Fsp3) is 0.480. The van der Waals surface area contributed by atoms with Gasteiger partial charge in [-0.25, -0.2) is 8.42 Å². The van der Waals surface area contributed by atoms with Crippen molar-refractivity contribution in [3.63, 3.8) is 0 Å². The highest BCUT2D eigenvalue weighted by Crippen LogP contribution is 2.34. The number of nitrogens with one attached hydrogen (secondary N) is 1. The van der Waals surface area contributed by atoms with Gasteiger partial charge >= 0.3 is 0 Å². The summed E-state index contributed by atoms with van der Waals surface area (Å²) in [5, 5.41) is 2.95. The van der Waals surface area contributed by atoms with Crippen molar-refractivity contribution in [3.8, 4) is 11.5 Å². The Balaban J connectivity index is 1.43. The number of rotatable bonds is 5. The summed E-state index contributed by atoms with van der Waals surface area (Å²) in [5.74, 6) is 0.729. The average Bonchev–Trinajstić information content (AvgIpc) is 3.18. The van der Waals surface area contributed by atoms with Gasteiger partial charge in [0.15, 0.2) is 11.5 Å². The van der Waals surface area contributed by atoms with E-state index in [1.807, 2.05) is 18.2 Å². The zero-order valence-corrected chi connectivity index (χ0v) is 20.5. The summed E-state index contributed by atoms with van der Waals surface area (Å²) < 4.78 is 44.9. The first-order chi connectivity index (χ1) is 17.0. The summed E-state index contributed by atoms with van der Waals surface area (Å²) in [6.45, 7) is 3.15. The van der Waals surface area contributed by atoms with Crippen LogP contribution in [0, 0.1) is 0 Å². The van der Waals surface area contributed by atoms with Crippen molar-refractivity contribution in [2.45, 2.75) is 36.7 Å². The van der Waals surface area contributed by atoms with Gasteiger partial charge in [0.2, 0.25) is 16.1 Å². The first-order valence-corrected chi connectivity index (χ1v) is 13.6. The van der Waals surface area contributed by atoms with Crippen LogP contribution in [-0.2, 0) is 19.6 Å². The van der Waals surface area contributed by atoms with Crippen LogP contribution in [0.25, 0.3) is 0 Å². The zero-order chi connectivity index (χ0) is 24.3. The quantitative estimate of drug-likeness (QED) is 0.673. The van der Waals surface area contributed by atoms with Gasteiger partial charge in [-0.1, -0.05) is 25.0 Å². The summed E-state index contributed by atoms with van der Waals surface area (Å²) >= 11 is 0. The second-order valence-corrected chi connectivity index (χ2v) is 10.9. The van der Waals surface area contributed by atoms with Gasteiger partial charge in [-0.05, 0) is 43.2 Å². The summed E-state index contributed by atoms with van der Waals surface area (Å²) in [6.07, 6.45) is 3.58. The molecule has 188 valence electrons. The van der Waals surface area contributed by atoms with Gasteiger partial charge in [-0.15, -0.1) is 0 Å². The number of ether oxygens (including phenoxy) is 3. The lowest BCUT2D eigenvalue weighted by Crippen LogP contribution is -2.41. The highest BCUT2D eigenvalue weighted by molar-refractivity contribution is 7.89. The van der Waals surface area contributed by atoms with Gasteiger partial charge in [0, 0.05) is 26.2 Å². The van der Waals surface area contributed by atoms with Crippen LogP contribution in [0.15, 0.2) is 47.4 Å². The van der Waals surface area contributed by atoms with E-state index in [0.29, 0.717) is 43.5 Å². The van der Waals surface area contributed by atoms with E-state index in [4.69, 9.17) is 14.2 Å². The molecule has 0 aliphatic carbocycles. The number of sulfonamides is 1. The third kappa shape index (κ3) is 5.24. The minimum atomic E-state index is -3.71. The zero-order valence-electron chi connectivity index (χ0n) is 19.6. The molecule has 3 heterocycles. The highest BCUT2D eigenvalue weighted by atomic mass is 32.2. The molecule has 5 rings (SSSR count). The lowest BCUT2D eigenvalue weighted by molar-refractivity contribution is -0.125. The van der Waals surface area contributed by atoms with Crippen LogP contribution >= 0.6 is 0 Å². The molecule has 3 aliphatic heterocycles. The third-order valence-corrected chi connectivity index (χ3v) is 8.48. The number of hydrogen-bond donors (Lipinski definition) is 1. The molecule has 2 aromatic rings. The molecule has 1 N–H and O–H groups in total. The first kappa shape index (κ1) is 23.9. The molecule has 2 aromatic carbocycles. The van der Waals surface area contributed by atoms with Crippen molar-refractivity contribution in [3.05, 3.63) is 42.5 Å². The maximum absolute atomic E-state index is 13.3. The number of morpholine rings is 1. The van der Waals surface area contributed by atoms with Gasteiger partial charge in [0.05, 0.1) is 29.5 Å². The standard InChI is InChI=1S/C25H31N3O6S/c29-25(24-18-33-22-7-3-4-8-23(22)34-24)26-20-17-19(35(30,31)28-13-15-32-16-14-28)9-10-21(20)27-11-5-1-2-6-12-27/h3-4,7-10,17,24H,1-2,5-6,11-16,18H2,(H,26,29)/t24-/m0/s1. The third-order valence-electron chi connectivity index (χ3n) is 6.58. The Kier molecular flexibility index (Phi) is 7.12. The maximum Gasteiger partial charge on any atom is 0.269 e. The number of carbonyl (C=O) groups is 1. The molecule has 0 saturated carbocycles. The Morgan fingerprint density at radius 2 is 1.63 bits per heavy atom. The van der Waals surface area contributed by atoms with Crippen molar-refractivity contribution in [1.82, 2.24) is 4.31 Å². The molecule has 1 atom stereocenters. The molecule has 1 amide bonds. The smallest absolute Gasteiger partial charge is 0.269 e. The van der Waals surface area contributed by atoms with Crippen LogP contribution in [0.2, 0.25) is 0 Å². The normalized spacial score (nSPS) is 21.3. The Bertz CT molecular complexity index is 1160. The Labute approximate surface area is 206 Å². The van der Waals surface area contributed by atoms with E-state index in [-0.39, 0.29) is 17.4 Å². The van der Waals surface area contributed by atoms with E-state index in [0.717, 1.165) is 44.5 Å². The predicted octanol–water partition coefficient (Wildman–Crippen LogP) is 2.87. The summed E-state index contributed by atoms with van der Waals surface area (Å²) in [7, 11) is -3.71. The molecule has 0 radical (unpaired) electrons. The number of carbonyl (C=O) groups excluding carboxylic acids is 1. The van der Waals surface area contributed by atoms with E-state index < -0.39 is 16.1 Å². The fourth-order valence-corrected chi connectivity index (χ4v) is 6.10. The average molecular weight is 502 g/mol. The lowest BCUT2D eigenvalue weighted by Gasteiger charge is -2.29.